The van der Waals surface area contributed by atoms with Gasteiger partial charge in [-0.1, -0.05) is 6.08 Å². The number of nitrogens with one attached hydrogen (secondary N) is 1. The van der Waals surface area contributed by atoms with Crippen LogP contribution in [0.4, 0.5) is 0 Å². The summed E-state index contributed by atoms with van der Waals surface area (Å²) in [6.45, 7) is 5.46. The van der Waals surface area contributed by atoms with E-state index in [1.807, 2.05) is 6.08 Å². The van der Waals surface area contributed by atoms with Crippen LogP contribution >= 0.6 is 11.3 Å². The van der Waals surface area contributed by atoms with Crippen molar-refractivity contribution in [2.45, 2.75) is 6.54 Å². The van der Waals surface area contributed by atoms with E-state index in [2.05, 4.69) is 28.7 Å². The third-order valence-electron chi connectivity index (χ3n) is 1.20. The number of rotatable bonds is 4. The topological polar surface area (TPSA) is 12.0 Å². The van der Waals surface area contributed by atoms with E-state index in [1.54, 1.807) is 11.3 Å². The van der Waals surface area contributed by atoms with Crippen molar-refractivity contribution in [3.05, 3.63) is 35.0 Å². The van der Waals surface area contributed by atoms with Crippen molar-refractivity contribution >= 4 is 11.3 Å². The van der Waals surface area contributed by atoms with Crippen LogP contribution in [-0.2, 0) is 6.54 Å². The Morgan fingerprint density at radius 3 is 3.00 bits per heavy atom. The van der Waals surface area contributed by atoms with Crippen LogP contribution in [0.25, 0.3) is 0 Å². The minimum Gasteiger partial charge on any atom is -1.00 e. The van der Waals surface area contributed by atoms with Crippen LogP contribution in [0.15, 0.2) is 29.5 Å². The summed E-state index contributed by atoms with van der Waals surface area (Å²) in [5.41, 5.74) is 1.35. The second-order valence-corrected chi connectivity index (χ2v) is 2.83. The molecule has 1 N–H and O–H groups in total. The molecule has 0 aromatic carbocycles. The van der Waals surface area contributed by atoms with Crippen molar-refractivity contribution in [2.24, 2.45) is 0 Å². The molecule has 0 aliphatic rings. The molecule has 0 aliphatic carbocycles. The van der Waals surface area contributed by atoms with Crippen molar-refractivity contribution in [2.75, 3.05) is 6.54 Å². The van der Waals surface area contributed by atoms with Gasteiger partial charge in [0.15, 0.2) is 0 Å². The van der Waals surface area contributed by atoms with Gasteiger partial charge in [0.05, 0.1) is 0 Å². The first-order valence-corrected chi connectivity index (χ1v) is 4.20. The molecular weight excluding hydrogens is 178 g/mol. The molecule has 0 saturated carbocycles. The molecule has 62 valence electrons. The third kappa shape index (κ3) is 4.19. The second-order valence-electron chi connectivity index (χ2n) is 2.05. The zero-order valence-corrected chi connectivity index (χ0v) is 7.79. The van der Waals surface area contributed by atoms with Gasteiger partial charge in [-0.25, -0.2) is 0 Å². The maximum absolute atomic E-state index is 3.62. The molecule has 0 spiro atoms. The molecule has 11 heavy (non-hydrogen) atoms. The molecular formula is C8H11ClNS-. The van der Waals surface area contributed by atoms with Crippen molar-refractivity contribution in [1.29, 1.82) is 0 Å². The maximum atomic E-state index is 3.62. The number of hydrogen-bond donors (Lipinski definition) is 1. The summed E-state index contributed by atoms with van der Waals surface area (Å²) in [5.74, 6) is 0. The van der Waals surface area contributed by atoms with E-state index in [0.29, 0.717) is 0 Å². The predicted molar refractivity (Wildman–Crippen MR) is 46.2 cm³/mol. The third-order valence-corrected chi connectivity index (χ3v) is 1.93. The molecule has 0 amide bonds. The summed E-state index contributed by atoms with van der Waals surface area (Å²) >= 11 is 1.73. The highest BCUT2D eigenvalue weighted by molar-refractivity contribution is 7.07. The Morgan fingerprint density at radius 1 is 1.64 bits per heavy atom. The van der Waals surface area contributed by atoms with Crippen LogP contribution in [0.2, 0.25) is 0 Å². The Bertz CT molecular complexity index is 184. The van der Waals surface area contributed by atoms with Gasteiger partial charge >= 0.3 is 0 Å². The molecule has 3 heteroatoms. The zero-order chi connectivity index (χ0) is 7.23. The molecule has 0 atom stereocenters. The quantitative estimate of drug-likeness (QED) is 0.474. The first-order valence-electron chi connectivity index (χ1n) is 3.26. The second kappa shape index (κ2) is 6.40. The van der Waals surface area contributed by atoms with Gasteiger partial charge in [-0.3, -0.25) is 0 Å². The largest absolute Gasteiger partial charge is 1.00 e. The molecule has 0 saturated heterocycles. The zero-order valence-electron chi connectivity index (χ0n) is 6.22. The lowest BCUT2D eigenvalue weighted by Crippen LogP contribution is -3.00. The van der Waals surface area contributed by atoms with Gasteiger partial charge in [0.25, 0.3) is 0 Å². The normalized spacial score (nSPS) is 8.73. The fourth-order valence-corrected chi connectivity index (χ4v) is 1.38. The van der Waals surface area contributed by atoms with Gasteiger partial charge < -0.3 is 17.7 Å². The summed E-state index contributed by atoms with van der Waals surface area (Å²) in [6, 6.07) is 2.13. The standard InChI is InChI=1S/C8H11NS.ClH/c1-2-4-9-6-8-3-5-10-7-8;/h2-3,5,7,9H,1,4,6H2;1H/p-1. The van der Waals surface area contributed by atoms with Crippen LogP contribution in [0.5, 0.6) is 0 Å². The number of halogens is 1. The molecule has 1 nitrogen and oxygen atoms in total. The van der Waals surface area contributed by atoms with Crippen LogP contribution in [0, 0.1) is 0 Å². The Balaban J connectivity index is 0.000001000. The van der Waals surface area contributed by atoms with E-state index in [-0.39, 0.29) is 12.4 Å². The van der Waals surface area contributed by atoms with Crippen molar-refractivity contribution in [3.8, 4) is 0 Å². The van der Waals surface area contributed by atoms with Gasteiger partial charge in [0.2, 0.25) is 0 Å². The Hall–Kier alpha value is -0.310. The summed E-state index contributed by atoms with van der Waals surface area (Å²) in [5, 5.41) is 7.46. The van der Waals surface area contributed by atoms with Crippen molar-refractivity contribution < 1.29 is 12.4 Å². The molecule has 0 radical (unpaired) electrons. The average molecular weight is 189 g/mol. The van der Waals surface area contributed by atoms with Crippen LogP contribution in [-0.4, -0.2) is 6.54 Å². The van der Waals surface area contributed by atoms with E-state index in [1.165, 1.54) is 5.56 Å². The minimum absolute atomic E-state index is 0. The number of thiophene rings is 1. The minimum atomic E-state index is 0. The van der Waals surface area contributed by atoms with E-state index >= 15 is 0 Å². The van der Waals surface area contributed by atoms with Gasteiger partial charge in [0, 0.05) is 13.1 Å². The Morgan fingerprint density at radius 2 is 2.45 bits per heavy atom. The summed E-state index contributed by atoms with van der Waals surface area (Å²) in [4.78, 5) is 0. The highest BCUT2D eigenvalue weighted by atomic mass is 35.5. The Kier molecular flexibility index (Phi) is 6.22. The van der Waals surface area contributed by atoms with Gasteiger partial charge in [-0.15, -0.1) is 6.58 Å². The molecule has 0 fully saturated rings. The first-order chi connectivity index (χ1) is 4.93. The van der Waals surface area contributed by atoms with E-state index in [4.69, 9.17) is 0 Å². The van der Waals surface area contributed by atoms with E-state index in [0.717, 1.165) is 13.1 Å². The molecule has 1 aromatic rings. The molecule has 1 aromatic heterocycles. The summed E-state index contributed by atoms with van der Waals surface area (Å²) < 4.78 is 0. The Labute approximate surface area is 77.5 Å². The highest BCUT2D eigenvalue weighted by Crippen LogP contribution is 2.04. The SMILES string of the molecule is C=CCNCc1ccsc1.[Cl-]. The fraction of sp³-hybridized carbons (Fsp3) is 0.250. The van der Waals surface area contributed by atoms with Crippen LogP contribution in [0.3, 0.4) is 0 Å². The lowest BCUT2D eigenvalue weighted by atomic mass is 10.3. The highest BCUT2D eigenvalue weighted by Gasteiger charge is 1.88. The smallest absolute Gasteiger partial charge is 0.0216 e. The van der Waals surface area contributed by atoms with Gasteiger partial charge in [-0.2, -0.15) is 11.3 Å². The van der Waals surface area contributed by atoms with Crippen molar-refractivity contribution in [3.63, 3.8) is 0 Å². The van der Waals surface area contributed by atoms with Crippen LogP contribution in [0.1, 0.15) is 5.56 Å². The van der Waals surface area contributed by atoms with Crippen LogP contribution < -0.4 is 17.7 Å². The molecule has 1 rings (SSSR count). The first kappa shape index (κ1) is 10.7. The van der Waals surface area contributed by atoms with Gasteiger partial charge in [0.1, 0.15) is 0 Å². The lowest BCUT2D eigenvalue weighted by molar-refractivity contribution is -0.00000202. The average Bonchev–Trinajstić information content (AvgIpc) is 2.41. The predicted octanol–water partition coefficient (Wildman–Crippen LogP) is -0.972. The van der Waals surface area contributed by atoms with E-state index < -0.39 is 0 Å². The van der Waals surface area contributed by atoms with Gasteiger partial charge in [-0.05, 0) is 22.4 Å². The number of hydrogen-bond acceptors (Lipinski definition) is 2. The monoisotopic (exact) mass is 188 g/mol. The fourth-order valence-electron chi connectivity index (χ4n) is 0.712. The lowest BCUT2D eigenvalue weighted by Gasteiger charge is -1.96. The molecule has 0 bridgehead atoms. The molecule has 1 heterocycles. The van der Waals surface area contributed by atoms with Crippen molar-refractivity contribution in [1.82, 2.24) is 5.32 Å². The summed E-state index contributed by atoms with van der Waals surface area (Å²) in [7, 11) is 0. The molecule has 0 unspecified atom stereocenters. The molecule has 0 aliphatic heterocycles. The summed E-state index contributed by atoms with van der Waals surface area (Å²) in [6.07, 6.45) is 1.87. The van der Waals surface area contributed by atoms with E-state index in [9.17, 15) is 0 Å². The maximum Gasteiger partial charge on any atom is 0.0216 e.